The van der Waals surface area contributed by atoms with Crippen LogP contribution in [0.15, 0.2) is 12.1 Å². The standard InChI is InChI=1S/C16H25NO4/c1-4-20-7-8-21-16-14(18-2)9-12(10-15(16)19-3)11-17-13-5-6-13/h9-10,13,17H,4-8,11H2,1-3H3. The Labute approximate surface area is 126 Å². The van der Waals surface area contributed by atoms with Crippen molar-refractivity contribution in [3.63, 3.8) is 0 Å². The summed E-state index contributed by atoms with van der Waals surface area (Å²) in [6.45, 7) is 4.48. The molecule has 0 aliphatic heterocycles. The molecule has 0 amide bonds. The first-order chi connectivity index (χ1) is 10.3. The van der Waals surface area contributed by atoms with Crippen LogP contribution in [0, 0.1) is 0 Å². The molecule has 1 fully saturated rings. The Morgan fingerprint density at radius 1 is 1.10 bits per heavy atom. The van der Waals surface area contributed by atoms with Crippen LogP contribution in [0.3, 0.4) is 0 Å². The van der Waals surface area contributed by atoms with Gasteiger partial charge in [0.25, 0.3) is 0 Å². The van der Waals surface area contributed by atoms with E-state index in [1.807, 2.05) is 19.1 Å². The summed E-state index contributed by atoms with van der Waals surface area (Å²) in [6.07, 6.45) is 2.54. The molecule has 2 rings (SSSR count). The second kappa shape index (κ2) is 8.10. The summed E-state index contributed by atoms with van der Waals surface area (Å²) in [4.78, 5) is 0. The maximum Gasteiger partial charge on any atom is 0.203 e. The minimum atomic E-state index is 0.472. The Balaban J connectivity index is 2.05. The lowest BCUT2D eigenvalue weighted by molar-refractivity contribution is 0.107. The van der Waals surface area contributed by atoms with Crippen molar-refractivity contribution in [1.82, 2.24) is 5.32 Å². The smallest absolute Gasteiger partial charge is 0.203 e. The molecule has 1 N–H and O–H groups in total. The summed E-state index contributed by atoms with van der Waals surface area (Å²) < 4.78 is 21.9. The van der Waals surface area contributed by atoms with Crippen molar-refractivity contribution < 1.29 is 18.9 Å². The average molecular weight is 295 g/mol. The van der Waals surface area contributed by atoms with Crippen molar-refractivity contribution >= 4 is 0 Å². The van der Waals surface area contributed by atoms with E-state index in [2.05, 4.69) is 5.32 Å². The third-order valence-corrected chi connectivity index (χ3v) is 3.37. The number of hydrogen-bond donors (Lipinski definition) is 1. The van der Waals surface area contributed by atoms with E-state index in [1.54, 1.807) is 14.2 Å². The molecule has 0 bridgehead atoms. The first-order valence-electron chi connectivity index (χ1n) is 7.47. The minimum absolute atomic E-state index is 0.472. The van der Waals surface area contributed by atoms with Gasteiger partial charge in [0, 0.05) is 19.2 Å². The van der Waals surface area contributed by atoms with E-state index >= 15 is 0 Å². The van der Waals surface area contributed by atoms with Gasteiger partial charge in [0.1, 0.15) is 6.61 Å². The SMILES string of the molecule is CCOCCOc1c(OC)cc(CNC2CC2)cc1OC. The van der Waals surface area contributed by atoms with Crippen LogP contribution in [0.1, 0.15) is 25.3 Å². The maximum absolute atomic E-state index is 5.75. The molecule has 1 aromatic rings. The van der Waals surface area contributed by atoms with E-state index in [-0.39, 0.29) is 0 Å². The van der Waals surface area contributed by atoms with Gasteiger partial charge in [0.15, 0.2) is 11.5 Å². The Morgan fingerprint density at radius 3 is 2.29 bits per heavy atom. The number of benzene rings is 1. The Morgan fingerprint density at radius 2 is 1.76 bits per heavy atom. The van der Waals surface area contributed by atoms with E-state index in [0.29, 0.717) is 43.1 Å². The van der Waals surface area contributed by atoms with Gasteiger partial charge in [0.2, 0.25) is 5.75 Å². The molecule has 0 atom stereocenters. The van der Waals surface area contributed by atoms with Gasteiger partial charge in [-0.15, -0.1) is 0 Å². The molecule has 1 saturated carbocycles. The molecular weight excluding hydrogens is 270 g/mol. The van der Waals surface area contributed by atoms with Crippen LogP contribution in [0.25, 0.3) is 0 Å². The quantitative estimate of drug-likeness (QED) is 0.672. The molecule has 0 spiro atoms. The topological polar surface area (TPSA) is 49.0 Å². The first kappa shape index (κ1) is 15.9. The molecule has 21 heavy (non-hydrogen) atoms. The van der Waals surface area contributed by atoms with Crippen LogP contribution in [0.2, 0.25) is 0 Å². The summed E-state index contributed by atoms with van der Waals surface area (Å²) >= 11 is 0. The van der Waals surface area contributed by atoms with Crippen molar-refractivity contribution in [2.75, 3.05) is 34.0 Å². The summed E-state index contributed by atoms with van der Waals surface area (Å²) in [7, 11) is 3.28. The molecule has 0 aromatic heterocycles. The van der Waals surface area contributed by atoms with Crippen molar-refractivity contribution in [3.05, 3.63) is 17.7 Å². The molecule has 1 aromatic carbocycles. The number of hydrogen-bond acceptors (Lipinski definition) is 5. The van der Waals surface area contributed by atoms with E-state index in [1.165, 1.54) is 12.8 Å². The highest BCUT2D eigenvalue weighted by molar-refractivity contribution is 5.53. The predicted molar refractivity (Wildman–Crippen MR) is 81.4 cm³/mol. The molecule has 5 nitrogen and oxygen atoms in total. The van der Waals surface area contributed by atoms with Gasteiger partial charge in [0.05, 0.1) is 20.8 Å². The lowest BCUT2D eigenvalue weighted by atomic mass is 10.1. The van der Waals surface area contributed by atoms with Crippen molar-refractivity contribution in [1.29, 1.82) is 0 Å². The number of rotatable bonds is 10. The zero-order valence-electron chi connectivity index (χ0n) is 13.1. The molecule has 0 unspecified atom stereocenters. The number of nitrogens with one attached hydrogen (secondary N) is 1. The second-order valence-electron chi connectivity index (χ2n) is 5.03. The fourth-order valence-electron chi connectivity index (χ4n) is 2.08. The van der Waals surface area contributed by atoms with Crippen LogP contribution in [0.4, 0.5) is 0 Å². The summed E-state index contributed by atoms with van der Waals surface area (Å²) in [5, 5.41) is 3.48. The third kappa shape index (κ3) is 4.79. The Bertz CT molecular complexity index is 421. The van der Waals surface area contributed by atoms with Crippen LogP contribution >= 0.6 is 0 Å². The van der Waals surface area contributed by atoms with Gasteiger partial charge in [-0.25, -0.2) is 0 Å². The first-order valence-corrected chi connectivity index (χ1v) is 7.47. The zero-order chi connectivity index (χ0) is 15.1. The highest BCUT2D eigenvalue weighted by Gasteiger charge is 2.21. The molecule has 1 aliphatic carbocycles. The predicted octanol–water partition coefficient (Wildman–Crippen LogP) is 2.37. The van der Waals surface area contributed by atoms with Gasteiger partial charge in [-0.05, 0) is 37.5 Å². The van der Waals surface area contributed by atoms with Crippen molar-refractivity contribution in [2.45, 2.75) is 32.4 Å². The molecule has 5 heteroatoms. The van der Waals surface area contributed by atoms with Crippen LogP contribution in [0.5, 0.6) is 17.2 Å². The van der Waals surface area contributed by atoms with Crippen molar-refractivity contribution in [2.24, 2.45) is 0 Å². The van der Waals surface area contributed by atoms with Gasteiger partial charge < -0.3 is 24.3 Å². The largest absolute Gasteiger partial charge is 0.493 e. The fraction of sp³-hybridized carbons (Fsp3) is 0.625. The van der Waals surface area contributed by atoms with E-state index in [4.69, 9.17) is 18.9 Å². The van der Waals surface area contributed by atoms with Crippen LogP contribution in [-0.4, -0.2) is 40.1 Å². The Kier molecular flexibility index (Phi) is 6.14. The highest BCUT2D eigenvalue weighted by Crippen LogP contribution is 2.38. The van der Waals surface area contributed by atoms with Crippen molar-refractivity contribution in [3.8, 4) is 17.2 Å². The molecule has 0 saturated heterocycles. The molecule has 0 radical (unpaired) electrons. The third-order valence-electron chi connectivity index (χ3n) is 3.37. The normalized spacial score (nSPS) is 14.0. The van der Waals surface area contributed by atoms with E-state index in [9.17, 15) is 0 Å². The summed E-state index contributed by atoms with van der Waals surface area (Å²) in [5.74, 6) is 2.02. The maximum atomic E-state index is 5.75. The molecule has 0 heterocycles. The number of ether oxygens (including phenoxy) is 4. The van der Waals surface area contributed by atoms with E-state index in [0.717, 1.165) is 12.1 Å². The van der Waals surface area contributed by atoms with Gasteiger partial charge in [-0.3, -0.25) is 0 Å². The summed E-state index contributed by atoms with van der Waals surface area (Å²) in [6, 6.07) is 4.66. The molecule has 118 valence electrons. The van der Waals surface area contributed by atoms with Gasteiger partial charge in [-0.2, -0.15) is 0 Å². The monoisotopic (exact) mass is 295 g/mol. The van der Waals surface area contributed by atoms with Crippen LogP contribution in [-0.2, 0) is 11.3 Å². The van der Waals surface area contributed by atoms with Crippen LogP contribution < -0.4 is 19.5 Å². The zero-order valence-corrected chi connectivity index (χ0v) is 13.1. The minimum Gasteiger partial charge on any atom is -0.493 e. The fourth-order valence-corrected chi connectivity index (χ4v) is 2.08. The Hall–Kier alpha value is -1.46. The average Bonchev–Trinajstić information content (AvgIpc) is 3.33. The van der Waals surface area contributed by atoms with E-state index < -0.39 is 0 Å². The second-order valence-corrected chi connectivity index (χ2v) is 5.03. The molecule has 1 aliphatic rings. The summed E-state index contributed by atoms with van der Waals surface area (Å²) in [5.41, 5.74) is 1.13. The highest BCUT2D eigenvalue weighted by atomic mass is 16.6. The van der Waals surface area contributed by atoms with Gasteiger partial charge >= 0.3 is 0 Å². The van der Waals surface area contributed by atoms with Gasteiger partial charge in [-0.1, -0.05) is 0 Å². The lowest BCUT2D eigenvalue weighted by Crippen LogP contribution is -2.15. The molecular formula is C16H25NO4. The number of methoxy groups -OCH3 is 2. The lowest BCUT2D eigenvalue weighted by Gasteiger charge is -2.16.